The molecule has 2 heterocycles. The van der Waals surface area contributed by atoms with Crippen molar-refractivity contribution in [3.05, 3.63) is 46.7 Å². The lowest BCUT2D eigenvalue weighted by atomic mass is 10.1. The van der Waals surface area contributed by atoms with Crippen LogP contribution in [-0.4, -0.2) is 27.3 Å². The van der Waals surface area contributed by atoms with Gasteiger partial charge in [0.25, 0.3) is 5.91 Å². The summed E-state index contributed by atoms with van der Waals surface area (Å²) in [6.07, 6.45) is 4.12. The van der Waals surface area contributed by atoms with E-state index in [2.05, 4.69) is 15.5 Å². The van der Waals surface area contributed by atoms with Crippen molar-refractivity contribution in [3.8, 4) is 5.75 Å². The zero-order chi connectivity index (χ0) is 15.4. The van der Waals surface area contributed by atoms with E-state index in [-0.39, 0.29) is 12.4 Å². The Kier molecular flexibility index (Phi) is 4.34. The molecule has 0 radical (unpaired) electrons. The lowest BCUT2D eigenvalue weighted by Gasteiger charge is -2.06. The van der Waals surface area contributed by atoms with Crippen LogP contribution in [0.25, 0.3) is 0 Å². The molecule has 110 valence electrons. The Hall–Kier alpha value is -2.67. The number of aliphatic hydroxyl groups excluding tert-OH is 1. The lowest BCUT2D eigenvalue weighted by molar-refractivity contribution is 0.0953. The van der Waals surface area contributed by atoms with Gasteiger partial charge in [-0.25, -0.2) is 5.43 Å². The molecule has 0 aliphatic rings. The molecule has 0 aliphatic heterocycles. The number of hydrazone groups is 1. The summed E-state index contributed by atoms with van der Waals surface area (Å²) in [5.74, 6) is -0.0197. The van der Waals surface area contributed by atoms with E-state index in [1.54, 1.807) is 13.8 Å². The third-order valence-electron chi connectivity index (χ3n) is 2.99. The maximum atomic E-state index is 11.8. The number of nitrogens with zero attached hydrogens (tertiary/aromatic N) is 2. The largest absolute Gasteiger partial charge is 0.505 e. The molecule has 0 atom stereocenters. The highest BCUT2D eigenvalue weighted by Gasteiger charge is 2.11. The number of hydrogen-bond donors (Lipinski definition) is 3. The summed E-state index contributed by atoms with van der Waals surface area (Å²) in [6.45, 7) is 3.00. The maximum Gasteiger partial charge on any atom is 0.274 e. The van der Waals surface area contributed by atoms with Gasteiger partial charge in [-0.2, -0.15) is 5.10 Å². The summed E-state index contributed by atoms with van der Waals surface area (Å²) < 4.78 is 5.03. The topological polar surface area (TPSA) is 108 Å². The van der Waals surface area contributed by atoms with Gasteiger partial charge >= 0.3 is 0 Å². The van der Waals surface area contributed by atoms with Crippen molar-refractivity contribution in [3.63, 3.8) is 0 Å². The van der Waals surface area contributed by atoms with Crippen LogP contribution in [0.3, 0.4) is 0 Å². The van der Waals surface area contributed by atoms with Crippen molar-refractivity contribution < 1.29 is 19.4 Å². The molecule has 7 heteroatoms. The average Bonchev–Trinajstić information content (AvgIpc) is 2.89. The summed E-state index contributed by atoms with van der Waals surface area (Å²) in [5, 5.41) is 22.9. The number of hydrogen-bond acceptors (Lipinski definition) is 6. The SMILES string of the molecule is Cc1ncc(CO)c(/C=N/NC(=O)c2ccoc2C)c1O. The number of carbonyl (C=O) groups is 1. The minimum Gasteiger partial charge on any atom is -0.505 e. The highest BCUT2D eigenvalue weighted by molar-refractivity contribution is 5.96. The number of aromatic hydroxyl groups is 1. The van der Waals surface area contributed by atoms with Crippen LogP contribution in [0, 0.1) is 13.8 Å². The first-order chi connectivity index (χ1) is 10.0. The highest BCUT2D eigenvalue weighted by atomic mass is 16.3. The Morgan fingerprint density at radius 3 is 2.90 bits per heavy atom. The lowest BCUT2D eigenvalue weighted by Crippen LogP contribution is -2.18. The molecular weight excluding hydrogens is 274 g/mol. The Morgan fingerprint density at radius 1 is 1.52 bits per heavy atom. The van der Waals surface area contributed by atoms with Gasteiger partial charge in [0.2, 0.25) is 0 Å². The number of carbonyl (C=O) groups excluding carboxylic acids is 1. The smallest absolute Gasteiger partial charge is 0.274 e. The number of nitrogens with one attached hydrogen (secondary N) is 1. The monoisotopic (exact) mass is 289 g/mol. The van der Waals surface area contributed by atoms with E-state index >= 15 is 0 Å². The maximum absolute atomic E-state index is 11.8. The fourth-order valence-corrected chi connectivity index (χ4v) is 1.76. The van der Waals surface area contributed by atoms with Crippen LogP contribution in [0.4, 0.5) is 0 Å². The number of aromatic nitrogens is 1. The molecule has 1 amide bonds. The summed E-state index contributed by atoms with van der Waals surface area (Å²) in [6, 6.07) is 1.54. The van der Waals surface area contributed by atoms with Gasteiger partial charge in [-0.15, -0.1) is 0 Å². The summed E-state index contributed by atoms with van der Waals surface area (Å²) in [5.41, 5.74) is 3.84. The second-order valence-electron chi connectivity index (χ2n) is 4.38. The van der Waals surface area contributed by atoms with Crippen LogP contribution < -0.4 is 5.43 Å². The Morgan fingerprint density at radius 2 is 2.29 bits per heavy atom. The molecule has 0 unspecified atom stereocenters. The number of amides is 1. The van der Waals surface area contributed by atoms with E-state index in [1.807, 2.05) is 0 Å². The predicted octanol–water partition coefficient (Wildman–Crippen LogP) is 1.25. The zero-order valence-electron chi connectivity index (χ0n) is 11.6. The van der Waals surface area contributed by atoms with Crippen LogP contribution in [0.2, 0.25) is 0 Å². The predicted molar refractivity (Wildman–Crippen MR) is 75.1 cm³/mol. The molecule has 0 bridgehead atoms. The normalized spacial score (nSPS) is 11.0. The van der Waals surface area contributed by atoms with E-state index in [0.717, 1.165) is 0 Å². The quantitative estimate of drug-likeness (QED) is 0.580. The van der Waals surface area contributed by atoms with Gasteiger partial charge in [-0.1, -0.05) is 0 Å². The molecule has 0 aliphatic carbocycles. The minimum atomic E-state index is -0.423. The summed E-state index contributed by atoms with van der Waals surface area (Å²) in [4.78, 5) is 15.7. The number of furan rings is 1. The number of rotatable bonds is 4. The third-order valence-corrected chi connectivity index (χ3v) is 2.99. The molecule has 2 aromatic heterocycles. The van der Waals surface area contributed by atoms with Crippen molar-refractivity contribution in [1.82, 2.24) is 10.4 Å². The molecule has 21 heavy (non-hydrogen) atoms. The Balaban J connectivity index is 2.17. The van der Waals surface area contributed by atoms with Crippen molar-refractivity contribution in [2.24, 2.45) is 5.10 Å². The van der Waals surface area contributed by atoms with Gasteiger partial charge in [0.1, 0.15) is 11.5 Å². The van der Waals surface area contributed by atoms with Gasteiger partial charge in [-0.3, -0.25) is 9.78 Å². The number of pyridine rings is 1. The van der Waals surface area contributed by atoms with E-state index < -0.39 is 5.91 Å². The van der Waals surface area contributed by atoms with E-state index in [9.17, 15) is 15.0 Å². The van der Waals surface area contributed by atoms with Gasteiger partial charge < -0.3 is 14.6 Å². The number of aryl methyl sites for hydroxylation is 2. The summed E-state index contributed by atoms with van der Waals surface area (Å²) in [7, 11) is 0. The standard InChI is InChI=1S/C14H15N3O4/c1-8-13(19)12(10(7-18)5-15-8)6-16-17-14(20)11-3-4-21-9(11)2/h3-6,18-19H,7H2,1-2H3,(H,17,20)/b16-6+. The first-order valence-corrected chi connectivity index (χ1v) is 6.20. The first kappa shape index (κ1) is 14.7. The van der Waals surface area contributed by atoms with Crippen molar-refractivity contribution in [2.75, 3.05) is 0 Å². The van der Waals surface area contributed by atoms with Crippen LogP contribution in [0.15, 0.2) is 28.0 Å². The average molecular weight is 289 g/mol. The highest BCUT2D eigenvalue weighted by Crippen LogP contribution is 2.21. The Bertz CT molecular complexity index is 692. The molecule has 2 aromatic rings. The second-order valence-corrected chi connectivity index (χ2v) is 4.38. The molecule has 0 saturated heterocycles. The molecular formula is C14H15N3O4. The molecule has 2 rings (SSSR count). The molecule has 0 aromatic carbocycles. The van der Waals surface area contributed by atoms with Crippen molar-refractivity contribution in [2.45, 2.75) is 20.5 Å². The van der Waals surface area contributed by atoms with Crippen LogP contribution in [-0.2, 0) is 6.61 Å². The number of aliphatic hydroxyl groups is 1. The minimum absolute atomic E-state index is 0.0842. The van der Waals surface area contributed by atoms with E-state index in [4.69, 9.17) is 4.42 Å². The second kappa shape index (κ2) is 6.19. The van der Waals surface area contributed by atoms with Crippen LogP contribution >= 0.6 is 0 Å². The van der Waals surface area contributed by atoms with E-state index in [1.165, 1.54) is 24.7 Å². The van der Waals surface area contributed by atoms with Gasteiger partial charge in [0, 0.05) is 17.3 Å². The van der Waals surface area contributed by atoms with Crippen molar-refractivity contribution in [1.29, 1.82) is 0 Å². The van der Waals surface area contributed by atoms with Crippen molar-refractivity contribution >= 4 is 12.1 Å². The molecule has 0 saturated carbocycles. The molecule has 3 N–H and O–H groups in total. The zero-order valence-corrected chi connectivity index (χ0v) is 11.6. The molecule has 0 spiro atoms. The van der Waals surface area contributed by atoms with Crippen LogP contribution in [0.1, 0.15) is 32.9 Å². The molecule has 7 nitrogen and oxygen atoms in total. The van der Waals surface area contributed by atoms with Gasteiger partial charge in [-0.05, 0) is 19.9 Å². The third kappa shape index (κ3) is 3.09. The summed E-state index contributed by atoms with van der Waals surface area (Å²) >= 11 is 0. The van der Waals surface area contributed by atoms with Gasteiger partial charge in [0.15, 0.2) is 0 Å². The fraction of sp³-hybridized carbons (Fsp3) is 0.214. The van der Waals surface area contributed by atoms with E-state index in [0.29, 0.717) is 28.1 Å². The molecule has 0 fully saturated rings. The Labute approximate surface area is 120 Å². The van der Waals surface area contributed by atoms with Crippen LogP contribution in [0.5, 0.6) is 5.75 Å². The first-order valence-electron chi connectivity index (χ1n) is 6.20. The fourth-order valence-electron chi connectivity index (χ4n) is 1.76. The van der Waals surface area contributed by atoms with Gasteiger partial charge in [0.05, 0.1) is 30.3 Å².